The summed E-state index contributed by atoms with van der Waals surface area (Å²) in [4.78, 5) is 0. The molecule has 14 heavy (non-hydrogen) atoms. The largest absolute Gasteiger partial charge is 0.508 e. The molecule has 0 aliphatic carbocycles. The van der Waals surface area contributed by atoms with Gasteiger partial charge >= 0.3 is 0 Å². The number of phenols is 1. The Kier molecular flexibility index (Phi) is 2.02. The first-order chi connectivity index (χ1) is 6.72. The van der Waals surface area contributed by atoms with Gasteiger partial charge in [0.1, 0.15) is 5.75 Å². The number of benzene rings is 1. The molecule has 0 fully saturated rings. The lowest BCUT2D eigenvalue weighted by Gasteiger charge is -2.00. The minimum atomic E-state index is 0.112. The molecule has 0 amide bonds. The minimum Gasteiger partial charge on any atom is -0.508 e. The van der Waals surface area contributed by atoms with Gasteiger partial charge in [-0.05, 0) is 23.6 Å². The van der Waals surface area contributed by atoms with Crippen LogP contribution in [0, 0.1) is 11.3 Å². The van der Waals surface area contributed by atoms with E-state index in [-0.39, 0.29) is 17.2 Å². The van der Waals surface area contributed by atoms with E-state index in [9.17, 15) is 10.2 Å². The van der Waals surface area contributed by atoms with E-state index in [1.165, 1.54) is 11.3 Å². The highest BCUT2D eigenvalue weighted by molar-refractivity contribution is 7.20. The number of hydrogen-bond acceptors (Lipinski definition) is 4. The Hall–Kier alpha value is -1.73. The molecule has 0 saturated carbocycles. The predicted octanol–water partition coefficient (Wildman–Crippen LogP) is 2.38. The number of rotatable bonds is 1. The molecule has 4 heteroatoms. The van der Waals surface area contributed by atoms with Crippen molar-refractivity contribution >= 4 is 21.4 Å². The number of fused-ring (bicyclic) bond motifs is 1. The van der Waals surface area contributed by atoms with Gasteiger partial charge in [0.15, 0.2) is 5.06 Å². The zero-order valence-electron chi connectivity index (χ0n) is 7.19. The highest BCUT2D eigenvalue weighted by Gasteiger charge is 2.09. The van der Waals surface area contributed by atoms with E-state index in [1.54, 1.807) is 18.2 Å². The van der Waals surface area contributed by atoms with Crippen molar-refractivity contribution in [2.24, 2.45) is 0 Å². The van der Waals surface area contributed by atoms with Gasteiger partial charge in [0.05, 0.1) is 12.5 Å². The molecule has 0 saturated heterocycles. The van der Waals surface area contributed by atoms with Crippen LogP contribution in [0.4, 0.5) is 0 Å². The lowest BCUT2D eigenvalue weighted by atomic mass is 10.1. The molecule has 1 aromatic heterocycles. The molecule has 1 aromatic carbocycles. The number of nitrogens with zero attached hydrogens (tertiary/aromatic N) is 1. The number of hydrogen-bond donors (Lipinski definition) is 2. The van der Waals surface area contributed by atoms with Crippen LogP contribution in [-0.4, -0.2) is 10.2 Å². The van der Waals surface area contributed by atoms with Crippen molar-refractivity contribution in [1.29, 1.82) is 5.26 Å². The fraction of sp³-hybridized carbons (Fsp3) is 0.100. The van der Waals surface area contributed by atoms with Crippen LogP contribution in [-0.2, 0) is 6.42 Å². The molecule has 0 radical (unpaired) electrons. The summed E-state index contributed by atoms with van der Waals surface area (Å²) in [5.41, 5.74) is 0.593. The first-order valence-corrected chi connectivity index (χ1v) is 4.84. The topological polar surface area (TPSA) is 64.2 Å². The Morgan fingerprint density at radius 1 is 1.36 bits per heavy atom. The van der Waals surface area contributed by atoms with Crippen LogP contribution in [0.25, 0.3) is 10.1 Å². The Morgan fingerprint density at radius 3 is 2.86 bits per heavy atom. The summed E-state index contributed by atoms with van der Waals surface area (Å²) >= 11 is 1.18. The molecule has 2 aromatic rings. The maximum Gasteiger partial charge on any atom is 0.172 e. The Labute approximate surface area is 84.5 Å². The average Bonchev–Trinajstić information content (AvgIpc) is 2.51. The summed E-state index contributed by atoms with van der Waals surface area (Å²) < 4.78 is 0.782. The zero-order chi connectivity index (χ0) is 10.1. The van der Waals surface area contributed by atoms with Gasteiger partial charge in [0.25, 0.3) is 0 Å². The fourth-order valence-electron chi connectivity index (χ4n) is 1.39. The molecular formula is C10H7NO2S. The van der Waals surface area contributed by atoms with Crippen molar-refractivity contribution in [2.75, 3.05) is 0 Å². The smallest absolute Gasteiger partial charge is 0.172 e. The molecule has 2 N–H and O–H groups in total. The molecular weight excluding hydrogens is 198 g/mol. The molecule has 0 aliphatic heterocycles. The third kappa shape index (κ3) is 1.28. The van der Waals surface area contributed by atoms with Crippen LogP contribution in [0.3, 0.4) is 0 Å². The normalized spacial score (nSPS) is 10.2. The van der Waals surface area contributed by atoms with Gasteiger partial charge in [-0.15, -0.1) is 0 Å². The highest BCUT2D eigenvalue weighted by atomic mass is 32.1. The lowest BCUT2D eigenvalue weighted by Crippen LogP contribution is -1.82. The van der Waals surface area contributed by atoms with Gasteiger partial charge in [-0.3, -0.25) is 0 Å². The van der Waals surface area contributed by atoms with E-state index in [4.69, 9.17) is 5.26 Å². The number of thiophene rings is 1. The highest BCUT2D eigenvalue weighted by Crippen LogP contribution is 2.36. The van der Waals surface area contributed by atoms with Crippen LogP contribution < -0.4 is 0 Å². The van der Waals surface area contributed by atoms with Gasteiger partial charge in [0, 0.05) is 10.3 Å². The monoisotopic (exact) mass is 205 g/mol. The van der Waals surface area contributed by atoms with Gasteiger partial charge in [-0.25, -0.2) is 0 Å². The van der Waals surface area contributed by atoms with E-state index in [0.717, 1.165) is 10.1 Å². The van der Waals surface area contributed by atoms with Crippen molar-refractivity contribution < 1.29 is 10.2 Å². The second kappa shape index (κ2) is 3.20. The number of phenolic OH excluding ortho intramolecular Hbond substituents is 1. The molecule has 1 heterocycles. The second-order valence-electron chi connectivity index (χ2n) is 2.90. The molecule has 0 unspecified atom stereocenters. The molecule has 0 aliphatic rings. The first kappa shape index (κ1) is 8.85. The summed E-state index contributed by atoms with van der Waals surface area (Å²) in [6.45, 7) is 0. The van der Waals surface area contributed by atoms with E-state index >= 15 is 0 Å². The maximum absolute atomic E-state index is 9.52. The van der Waals surface area contributed by atoms with Crippen LogP contribution in [0.5, 0.6) is 10.8 Å². The summed E-state index contributed by atoms with van der Waals surface area (Å²) in [6, 6.07) is 6.88. The summed E-state index contributed by atoms with van der Waals surface area (Å²) in [5, 5.41) is 28.5. The number of nitriles is 1. The molecule has 3 nitrogen and oxygen atoms in total. The summed E-state index contributed by atoms with van der Waals surface area (Å²) in [7, 11) is 0. The Balaban J connectivity index is 2.76. The fourth-order valence-corrected chi connectivity index (χ4v) is 2.33. The maximum atomic E-state index is 9.52. The standard InChI is InChI=1S/C10H7NO2S/c11-4-3-7-8(12)2-1-6-5-9(13)14-10(6)7/h1-2,5,12-13H,3H2. The van der Waals surface area contributed by atoms with Gasteiger partial charge in [-0.2, -0.15) is 5.26 Å². The van der Waals surface area contributed by atoms with Crippen LogP contribution in [0.1, 0.15) is 5.56 Å². The molecule has 0 atom stereocenters. The Bertz CT molecular complexity index is 525. The van der Waals surface area contributed by atoms with Crippen molar-refractivity contribution in [3.8, 4) is 16.9 Å². The van der Waals surface area contributed by atoms with E-state index < -0.39 is 0 Å². The quantitative estimate of drug-likeness (QED) is 0.751. The molecule has 2 rings (SSSR count). The summed E-state index contributed by atoms with van der Waals surface area (Å²) in [5.74, 6) is 0.112. The van der Waals surface area contributed by atoms with Crippen molar-refractivity contribution in [3.63, 3.8) is 0 Å². The van der Waals surface area contributed by atoms with Crippen LogP contribution in [0.2, 0.25) is 0 Å². The lowest BCUT2D eigenvalue weighted by molar-refractivity contribution is 0.471. The third-order valence-corrected chi connectivity index (χ3v) is 3.02. The second-order valence-corrected chi connectivity index (χ2v) is 3.93. The predicted molar refractivity (Wildman–Crippen MR) is 54.5 cm³/mol. The van der Waals surface area contributed by atoms with E-state index in [0.29, 0.717) is 5.56 Å². The van der Waals surface area contributed by atoms with E-state index in [1.807, 2.05) is 6.07 Å². The molecule has 0 spiro atoms. The minimum absolute atomic E-state index is 0.112. The van der Waals surface area contributed by atoms with Crippen molar-refractivity contribution in [1.82, 2.24) is 0 Å². The molecule has 70 valence electrons. The molecule has 0 bridgehead atoms. The van der Waals surface area contributed by atoms with Crippen molar-refractivity contribution in [3.05, 3.63) is 23.8 Å². The number of aromatic hydroxyl groups is 2. The van der Waals surface area contributed by atoms with E-state index in [2.05, 4.69) is 0 Å². The Morgan fingerprint density at radius 2 is 2.14 bits per heavy atom. The van der Waals surface area contributed by atoms with Crippen LogP contribution >= 0.6 is 11.3 Å². The SMILES string of the molecule is N#CCc1c(O)ccc2cc(O)sc12. The zero-order valence-corrected chi connectivity index (χ0v) is 8.01. The average molecular weight is 205 g/mol. The van der Waals surface area contributed by atoms with Gasteiger partial charge in [0.2, 0.25) is 0 Å². The summed E-state index contributed by atoms with van der Waals surface area (Å²) in [6.07, 6.45) is 0.156. The van der Waals surface area contributed by atoms with Gasteiger partial charge in [-0.1, -0.05) is 11.3 Å². The van der Waals surface area contributed by atoms with Crippen molar-refractivity contribution in [2.45, 2.75) is 6.42 Å². The third-order valence-electron chi connectivity index (χ3n) is 2.01. The first-order valence-electron chi connectivity index (χ1n) is 4.02. The van der Waals surface area contributed by atoms with Gasteiger partial charge < -0.3 is 10.2 Å². The van der Waals surface area contributed by atoms with Crippen LogP contribution in [0.15, 0.2) is 18.2 Å².